The SMILES string of the molecule is CCCNC(=O)CN(C)C(=O)COc1ccc(NC)cc1. The van der Waals surface area contributed by atoms with Crippen LogP contribution in [0.4, 0.5) is 5.69 Å². The summed E-state index contributed by atoms with van der Waals surface area (Å²) in [5, 5.41) is 5.72. The second-order valence-corrected chi connectivity index (χ2v) is 4.66. The molecule has 0 aliphatic carbocycles. The molecule has 0 aliphatic heterocycles. The Labute approximate surface area is 125 Å². The molecule has 0 saturated heterocycles. The van der Waals surface area contributed by atoms with E-state index in [1.54, 1.807) is 19.2 Å². The van der Waals surface area contributed by atoms with Gasteiger partial charge in [-0.05, 0) is 30.7 Å². The monoisotopic (exact) mass is 293 g/mol. The number of nitrogens with one attached hydrogen (secondary N) is 2. The number of nitrogens with zero attached hydrogens (tertiary/aromatic N) is 1. The minimum Gasteiger partial charge on any atom is -0.484 e. The molecule has 0 spiro atoms. The smallest absolute Gasteiger partial charge is 0.260 e. The van der Waals surface area contributed by atoms with Gasteiger partial charge in [0.05, 0.1) is 6.54 Å². The summed E-state index contributed by atoms with van der Waals surface area (Å²) in [4.78, 5) is 24.7. The minimum absolute atomic E-state index is 0.0425. The number of carbonyl (C=O) groups is 2. The van der Waals surface area contributed by atoms with Crippen LogP contribution in [0.3, 0.4) is 0 Å². The first-order chi connectivity index (χ1) is 10.1. The topological polar surface area (TPSA) is 70.7 Å². The van der Waals surface area contributed by atoms with Crippen LogP contribution < -0.4 is 15.4 Å². The van der Waals surface area contributed by atoms with Crippen molar-refractivity contribution in [2.45, 2.75) is 13.3 Å². The zero-order valence-corrected chi connectivity index (χ0v) is 12.8. The zero-order valence-electron chi connectivity index (χ0n) is 12.8. The predicted octanol–water partition coefficient (Wildman–Crippen LogP) is 1.09. The summed E-state index contributed by atoms with van der Waals surface area (Å²) in [5.74, 6) is 0.219. The first-order valence-electron chi connectivity index (χ1n) is 6.98. The lowest BCUT2D eigenvalue weighted by Crippen LogP contribution is -2.40. The van der Waals surface area contributed by atoms with Gasteiger partial charge >= 0.3 is 0 Å². The van der Waals surface area contributed by atoms with E-state index in [1.807, 2.05) is 26.1 Å². The van der Waals surface area contributed by atoms with Crippen LogP contribution in [0.1, 0.15) is 13.3 Å². The molecular weight excluding hydrogens is 270 g/mol. The second-order valence-electron chi connectivity index (χ2n) is 4.66. The van der Waals surface area contributed by atoms with Gasteiger partial charge in [-0.25, -0.2) is 0 Å². The molecule has 6 nitrogen and oxygen atoms in total. The summed E-state index contributed by atoms with van der Waals surface area (Å²) in [6.07, 6.45) is 0.870. The second kappa shape index (κ2) is 8.84. The van der Waals surface area contributed by atoms with Crippen molar-refractivity contribution in [3.05, 3.63) is 24.3 Å². The van der Waals surface area contributed by atoms with E-state index in [-0.39, 0.29) is 25.0 Å². The van der Waals surface area contributed by atoms with Crippen molar-refractivity contribution in [1.82, 2.24) is 10.2 Å². The van der Waals surface area contributed by atoms with E-state index < -0.39 is 0 Å². The maximum atomic E-state index is 11.9. The number of anilines is 1. The number of hydrogen-bond acceptors (Lipinski definition) is 4. The number of carbonyl (C=O) groups excluding carboxylic acids is 2. The van der Waals surface area contributed by atoms with Crippen LogP contribution in [0, 0.1) is 0 Å². The average molecular weight is 293 g/mol. The molecule has 1 aromatic rings. The quantitative estimate of drug-likeness (QED) is 0.753. The standard InChI is InChI=1S/C15H23N3O3/c1-4-9-17-14(19)10-18(3)15(20)11-21-13-7-5-12(16-2)6-8-13/h5-8,16H,4,9-11H2,1-3H3,(H,17,19). The Bertz CT molecular complexity index is 460. The number of amides is 2. The van der Waals surface area contributed by atoms with Gasteiger partial charge in [-0.1, -0.05) is 6.92 Å². The molecule has 0 radical (unpaired) electrons. The summed E-state index contributed by atoms with van der Waals surface area (Å²) in [7, 11) is 3.42. The van der Waals surface area contributed by atoms with Crippen LogP contribution in [0.25, 0.3) is 0 Å². The number of benzene rings is 1. The molecule has 0 fully saturated rings. The molecule has 0 heterocycles. The number of likely N-dealkylation sites (N-methyl/N-ethyl adjacent to an activating group) is 1. The maximum absolute atomic E-state index is 11.9. The van der Waals surface area contributed by atoms with Crippen LogP contribution in [0.5, 0.6) is 5.75 Å². The molecule has 0 atom stereocenters. The normalized spacial score (nSPS) is 9.86. The van der Waals surface area contributed by atoms with Crippen LogP contribution >= 0.6 is 0 Å². The lowest BCUT2D eigenvalue weighted by molar-refractivity contribution is -0.136. The van der Waals surface area contributed by atoms with Gasteiger partial charge in [0.2, 0.25) is 5.91 Å². The molecule has 116 valence electrons. The highest BCUT2D eigenvalue weighted by Crippen LogP contribution is 2.14. The molecule has 0 unspecified atom stereocenters. The van der Waals surface area contributed by atoms with Gasteiger partial charge in [-0.3, -0.25) is 9.59 Å². The van der Waals surface area contributed by atoms with Crippen LogP contribution in [0.15, 0.2) is 24.3 Å². The Morgan fingerprint density at radius 1 is 1.24 bits per heavy atom. The van der Waals surface area contributed by atoms with E-state index in [4.69, 9.17) is 4.74 Å². The summed E-state index contributed by atoms with van der Waals surface area (Å²) >= 11 is 0. The van der Waals surface area contributed by atoms with Gasteiger partial charge in [0.25, 0.3) is 5.91 Å². The van der Waals surface area contributed by atoms with Crippen molar-refractivity contribution >= 4 is 17.5 Å². The summed E-state index contributed by atoms with van der Waals surface area (Å²) in [6.45, 7) is 2.55. The molecule has 0 bridgehead atoms. The molecule has 2 N–H and O–H groups in total. The lowest BCUT2D eigenvalue weighted by atomic mass is 10.3. The number of rotatable bonds is 8. The largest absolute Gasteiger partial charge is 0.484 e. The van der Waals surface area contributed by atoms with Gasteiger partial charge in [-0.2, -0.15) is 0 Å². The van der Waals surface area contributed by atoms with Crippen LogP contribution in [-0.2, 0) is 9.59 Å². The van der Waals surface area contributed by atoms with Gasteiger partial charge in [0.15, 0.2) is 6.61 Å². The van der Waals surface area contributed by atoms with Crippen LogP contribution in [-0.4, -0.2) is 50.5 Å². The van der Waals surface area contributed by atoms with Crippen molar-refractivity contribution in [2.24, 2.45) is 0 Å². The Balaban J connectivity index is 2.36. The highest BCUT2D eigenvalue weighted by Gasteiger charge is 2.13. The van der Waals surface area contributed by atoms with Crippen molar-refractivity contribution in [2.75, 3.05) is 39.1 Å². The van der Waals surface area contributed by atoms with E-state index >= 15 is 0 Å². The molecular formula is C15H23N3O3. The highest BCUT2D eigenvalue weighted by molar-refractivity contribution is 5.85. The minimum atomic E-state index is -0.237. The van der Waals surface area contributed by atoms with E-state index in [9.17, 15) is 9.59 Å². The molecule has 21 heavy (non-hydrogen) atoms. The number of hydrogen-bond donors (Lipinski definition) is 2. The first kappa shape index (κ1) is 16.8. The Kier molecular flexibility index (Phi) is 7.08. The molecule has 0 saturated carbocycles. The Morgan fingerprint density at radius 3 is 2.48 bits per heavy atom. The molecule has 1 aromatic carbocycles. The van der Waals surface area contributed by atoms with Gasteiger partial charge in [-0.15, -0.1) is 0 Å². The van der Waals surface area contributed by atoms with Crippen molar-refractivity contribution < 1.29 is 14.3 Å². The van der Waals surface area contributed by atoms with Gasteiger partial charge in [0.1, 0.15) is 5.75 Å². The van der Waals surface area contributed by atoms with E-state index in [0.29, 0.717) is 12.3 Å². The Hall–Kier alpha value is -2.24. The third-order valence-corrected chi connectivity index (χ3v) is 2.88. The van der Waals surface area contributed by atoms with Crippen molar-refractivity contribution in [1.29, 1.82) is 0 Å². The lowest BCUT2D eigenvalue weighted by Gasteiger charge is -2.17. The molecule has 2 amide bonds. The van der Waals surface area contributed by atoms with Gasteiger partial charge in [0, 0.05) is 26.3 Å². The number of ether oxygens (including phenoxy) is 1. The fraction of sp³-hybridized carbons (Fsp3) is 0.467. The van der Waals surface area contributed by atoms with Gasteiger partial charge < -0.3 is 20.3 Å². The van der Waals surface area contributed by atoms with Crippen LogP contribution in [0.2, 0.25) is 0 Å². The average Bonchev–Trinajstić information content (AvgIpc) is 2.50. The molecule has 0 aliphatic rings. The first-order valence-corrected chi connectivity index (χ1v) is 6.98. The van der Waals surface area contributed by atoms with E-state index in [2.05, 4.69) is 10.6 Å². The summed E-state index contributed by atoms with van der Waals surface area (Å²) < 4.78 is 5.40. The van der Waals surface area contributed by atoms with E-state index in [1.165, 1.54) is 4.90 Å². The summed E-state index contributed by atoms with van der Waals surface area (Å²) in [6, 6.07) is 7.30. The fourth-order valence-electron chi connectivity index (χ4n) is 1.60. The molecule has 0 aromatic heterocycles. The predicted molar refractivity (Wildman–Crippen MR) is 82.4 cm³/mol. The third-order valence-electron chi connectivity index (χ3n) is 2.88. The summed E-state index contributed by atoms with van der Waals surface area (Å²) in [5.41, 5.74) is 0.971. The Morgan fingerprint density at radius 2 is 1.90 bits per heavy atom. The van der Waals surface area contributed by atoms with Crippen molar-refractivity contribution in [3.63, 3.8) is 0 Å². The zero-order chi connectivity index (χ0) is 15.7. The fourth-order valence-corrected chi connectivity index (χ4v) is 1.60. The van der Waals surface area contributed by atoms with Crippen molar-refractivity contribution in [3.8, 4) is 5.75 Å². The molecule has 1 rings (SSSR count). The van der Waals surface area contributed by atoms with E-state index in [0.717, 1.165) is 12.1 Å². The molecule has 6 heteroatoms. The maximum Gasteiger partial charge on any atom is 0.260 e. The highest BCUT2D eigenvalue weighted by atomic mass is 16.5. The third kappa shape index (κ3) is 6.16.